The van der Waals surface area contributed by atoms with Crippen LogP contribution < -0.4 is 11.3 Å². The van der Waals surface area contributed by atoms with Crippen molar-refractivity contribution in [2.75, 3.05) is 0 Å². The van der Waals surface area contributed by atoms with Gasteiger partial charge in [0.25, 0.3) is 0 Å². The van der Waals surface area contributed by atoms with E-state index in [2.05, 4.69) is 10.4 Å². The van der Waals surface area contributed by atoms with Crippen LogP contribution in [0.1, 0.15) is 17.3 Å². The zero-order chi connectivity index (χ0) is 12.1. The summed E-state index contributed by atoms with van der Waals surface area (Å²) in [6.45, 7) is 0. The molecule has 0 aliphatic carbocycles. The highest BCUT2D eigenvalue weighted by atomic mass is 19.1. The van der Waals surface area contributed by atoms with Gasteiger partial charge in [-0.05, 0) is 24.1 Å². The van der Waals surface area contributed by atoms with Crippen LogP contribution in [0, 0.1) is 5.82 Å². The predicted molar refractivity (Wildman–Crippen MR) is 64.4 cm³/mol. The number of nitrogens with one attached hydrogen (secondary N) is 1. The van der Waals surface area contributed by atoms with Gasteiger partial charge in [0.05, 0.1) is 17.9 Å². The molecule has 1 aromatic carbocycles. The number of hydrogen-bond donors (Lipinski definition) is 2. The van der Waals surface area contributed by atoms with Gasteiger partial charge in [0.1, 0.15) is 5.82 Å². The van der Waals surface area contributed by atoms with Crippen LogP contribution in [0.2, 0.25) is 0 Å². The number of hydrogen-bond acceptors (Lipinski definition) is 3. The first kappa shape index (κ1) is 11.7. The van der Waals surface area contributed by atoms with E-state index in [1.165, 1.54) is 12.3 Å². The first-order valence-corrected chi connectivity index (χ1v) is 5.41. The van der Waals surface area contributed by atoms with Crippen molar-refractivity contribution in [2.45, 2.75) is 12.5 Å². The van der Waals surface area contributed by atoms with E-state index in [0.29, 0.717) is 0 Å². The molecule has 88 valence electrons. The molecule has 1 atom stereocenters. The maximum atomic E-state index is 12.8. The van der Waals surface area contributed by atoms with Crippen LogP contribution in [0.3, 0.4) is 0 Å². The number of aromatic nitrogens is 1. The minimum atomic E-state index is -0.343. The molecular formula is C13H14FN3. The first-order valence-electron chi connectivity index (χ1n) is 5.41. The molecule has 0 saturated heterocycles. The summed E-state index contributed by atoms with van der Waals surface area (Å²) in [5, 5.41) is 0. The third kappa shape index (κ3) is 3.09. The molecule has 0 aliphatic rings. The SMILES string of the molecule is NNC(Cc1ccccc1)c1ccc(F)cn1. The van der Waals surface area contributed by atoms with E-state index in [-0.39, 0.29) is 11.9 Å². The monoisotopic (exact) mass is 231 g/mol. The van der Waals surface area contributed by atoms with Gasteiger partial charge in [-0.1, -0.05) is 30.3 Å². The number of benzene rings is 1. The average Bonchev–Trinajstić information content (AvgIpc) is 2.38. The molecule has 4 heteroatoms. The molecule has 2 aromatic rings. The van der Waals surface area contributed by atoms with Crippen LogP contribution in [0.15, 0.2) is 48.7 Å². The number of rotatable bonds is 4. The lowest BCUT2D eigenvalue weighted by Crippen LogP contribution is -2.30. The summed E-state index contributed by atoms with van der Waals surface area (Å²) in [4.78, 5) is 4.03. The Morgan fingerprint density at radius 1 is 1.18 bits per heavy atom. The topological polar surface area (TPSA) is 50.9 Å². The molecule has 1 heterocycles. The fourth-order valence-electron chi connectivity index (χ4n) is 1.69. The molecule has 0 radical (unpaired) electrons. The Bertz CT molecular complexity index is 456. The minimum Gasteiger partial charge on any atom is -0.271 e. The van der Waals surface area contributed by atoms with E-state index < -0.39 is 0 Å². The second-order valence-electron chi connectivity index (χ2n) is 3.81. The van der Waals surface area contributed by atoms with E-state index >= 15 is 0 Å². The van der Waals surface area contributed by atoms with Crippen LogP contribution in [0.4, 0.5) is 4.39 Å². The summed E-state index contributed by atoms with van der Waals surface area (Å²) in [6, 6.07) is 12.9. The summed E-state index contributed by atoms with van der Waals surface area (Å²) < 4.78 is 12.8. The second kappa shape index (κ2) is 5.52. The molecule has 1 aromatic heterocycles. The Kier molecular flexibility index (Phi) is 3.80. The number of halogens is 1. The van der Waals surface area contributed by atoms with Crippen molar-refractivity contribution in [3.63, 3.8) is 0 Å². The average molecular weight is 231 g/mol. The molecule has 0 amide bonds. The molecule has 1 unspecified atom stereocenters. The van der Waals surface area contributed by atoms with Crippen LogP contribution in [-0.2, 0) is 6.42 Å². The molecule has 0 bridgehead atoms. The molecule has 2 rings (SSSR count). The van der Waals surface area contributed by atoms with Gasteiger partial charge in [-0.25, -0.2) is 4.39 Å². The summed E-state index contributed by atoms with van der Waals surface area (Å²) in [6.07, 6.45) is 1.92. The van der Waals surface area contributed by atoms with Gasteiger partial charge >= 0.3 is 0 Å². The fraction of sp³-hybridized carbons (Fsp3) is 0.154. The molecule has 3 N–H and O–H groups in total. The quantitative estimate of drug-likeness (QED) is 0.624. The maximum Gasteiger partial charge on any atom is 0.141 e. The second-order valence-corrected chi connectivity index (χ2v) is 3.81. The summed E-state index contributed by atoms with van der Waals surface area (Å²) in [5.41, 5.74) is 4.59. The first-order chi connectivity index (χ1) is 8.29. The standard InChI is InChI=1S/C13H14FN3/c14-11-6-7-12(16-9-11)13(17-15)8-10-4-2-1-3-5-10/h1-7,9,13,17H,8,15H2. The van der Waals surface area contributed by atoms with Gasteiger partial charge in [0.15, 0.2) is 0 Å². The van der Waals surface area contributed by atoms with Gasteiger partial charge in [-0.3, -0.25) is 16.3 Å². The van der Waals surface area contributed by atoms with Crippen LogP contribution in [0.5, 0.6) is 0 Å². The van der Waals surface area contributed by atoms with E-state index in [4.69, 9.17) is 5.84 Å². The zero-order valence-corrected chi connectivity index (χ0v) is 9.31. The van der Waals surface area contributed by atoms with Crippen molar-refractivity contribution in [2.24, 2.45) is 5.84 Å². The molecule has 0 saturated carbocycles. The van der Waals surface area contributed by atoms with E-state index in [1.54, 1.807) is 6.07 Å². The Balaban J connectivity index is 2.14. The van der Waals surface area contributed by atoms with Crippen molar-refractivity contribution in [1.82, 2.24) is 10.4 Å². The Morgan fingerprint density at radius 2 is 1.94 bits per heavy atom. The lowest BCUT2D eigenvalue weighted by molar-refractivity contribution is 0.533. The zero-order valence-electron chi connectivity index (χ0n) is 9.31. The van der Waals surface area contributed by atoms with Crippen molar-refractivity contribution in [3.05, 3.63) is 65.7 Å². The highest BCUT2D eigenvalue weighted by molar-refractivity contribution is 5.19. The van der Waals surface area contributed by atoms with Crippen LogP contribution >= 0.6 is 0 Å². The van der Waals surface area contributed by atoms with E-state index in [1.807, 2.05) is 30.3 Å². The van der Waals surface area contributed by atoms with Crippen LogP contribution in [-0.4, -0.2) is 4.98 Å². The third-order valence-corrected chi connectivity index (χ3v) is 2.59. The van der Waals surface area contributed by atoms with Crippen molar-refractivity contribution >= 4 is 0 Å². The lowest BCUT2D eigenvalue weighted by Gasteiger charge is -2.15. The molecule has 0 fully saturated rings. The molecule has 0 aliphatic heterocycles. The smallest absolute Gasteiger partial charge is 0.141 e. The maximum absolute atomic E-state index is 12.8. The highest BCUT2D eigenvalue weighted by Gasteiger charge is 2.11. The van der Waals surface area contributed by atoms with Crippen molar-refractivity contribution < 1.29 is 4.39 Å². The number of pyridine rings is 1. The highest BCUT2D eigenvalue weighted by Crippen LogP contribution is 2.15. The van der Waals surface area contributed by atoms with Gasteiger partial charge in [0.2, 0.25) is 0 Å². The lowest BCUT2D eigenvalue weighted by atomic mass is 10.0. The third-order valence-electron chi connectivity index (χ3n) is 2.59. The number of nitrogens with two attached hydrogens (primary N) is 1. The Labute approximate surface area is 99.5 Å². The number of hydrazine groups is 1. The molecule has 17 heavy (non-hydrogen) atoms. The van der Waals surface area contributed by atoms with Gasteiger partial charge in [0, 0.05) is 0 Å². The summed E-state index contributed by atoms with van der Waals surface area (Å²) in [7, 11) is 0. The van der Waals surface area contributed by atoms with E-state index in [0.717, 1.165) is 17.7 Å². The largest absolute Gasteiger partial charge is 0.271 e. The normalized spacial score (nSPS) is 12.4. The van der Waals surface area contributed by atoms with Crippen molar-refractivity contribution in [3.8, 4) is 0 Å². The fourth-order valence-corrected chi connectivity index (χ4v) is 1.69. The van der Waals surface area contributed by atoms with Gasteiger partial charge in [-0.15, -0.1) is 0 Å². The molecule has 0 spiro atoms. The van der Waals surface area contributed by atoms with Gasteiger partial charge < -0.3 is 0 Å². The minimum absolute atomic E-state index is 0.113. The molecule has 3 nitrogen and oxygen atoms in total. The van der Waals surface area contributed by atoms with Gasteiger partial charge in [-0.2, -0.15) is 0 Å². The molecular weight excluding hydrogens is 217 g/mol. The van der Waals surface area contributed by atoms with Crippen LogP contribution in [0.25, 0.3) is 0 Å². The van der Waals surface area contributed by atoms with Crippen molar-refractivity contribution in [1.29, 1.82) is 0 Å². The number of nitrogens with zero attached hydrogens (tertiary/aromatic N) is 1. The van der Waals surface area contributed by atoms with E-state index in [9.17, 15) is 4.39 Å². The summed E-state index contributed by atoms with van der Waals surface area (Å²) >= 11 is 0. The Morgan fingerprint density at radius 3 is 2.53 bits per heavy atom. The Hall–Kier alpha value is -1.78. The predicted octanol–water partition coefficient (Wildman–Crippen LogP) is 1.97. The summed E-state index contributed by atoms with van der Waals surface area (Å²) in [5.74, 6) is 5.16.